The number of benzene rings is 2. The number of carbonyl (C=O) groups excluding carboxylic acids is 3. The van der Waals surface area contributed by atoms with Crippen molar-refractivity contribution in [2.45, 2.75) is 84.1 Å². The number of amides is 1. The summed E-state index contributed by atoms with van der Waals surface area (Å²) in [4.78, 5) is 38.4. The van der Waals surface area contributed by atoms with Gasteiger partial charge in [-0.3, -0.25) is 14.4 Å². The molecule has 2 aromatic carbocycles. The zero-order valence-corrected chi connectivity index (χ0v) is 25.5. The third-order valence-electron chi connectivity index (χ3n) is 7.73. The van der Waals surface area contributed by atoms with E-state index in [1.54, 1.807) is 4.68 Å². The molecule has 0 radical (unpaired) electrons. The number of carbonyl (C=O) groups is 3. The van der Waals surface area contributed by atoms with Crippen LogP contribution in [0.1, 0.15) is 82.3 Å². The van der Waals surface area contributed by atoms with Crippen LogP contribution in [0.4, 0.5) is 0 Å². The van der Waals surface area contributed by atoms with Gasteiger partial charge in [0, 0.05) is 49.5 Å². The molecular formula is C34H44N4O5. The predicted molar refractivity (Wildman–Crippen MR) is 165 cm³/mol. The number of nitrogens with zero attached hydrogens (tertiary/aromatic N) is 3. The number of aromatic nitrogens is 3. The summed E-state index contributed by atoms with van der Waals surface area (Å²) in [5.74, 6) is -0.754. The van der Waals surface area contributed by atoms with Gasteiger partial charge in [-0.15, -0.1) is 5.10 Å². The number of fused-ring (bicyclic) bond motifs is 5. The number of hydrogen-bond donors (Lipinski definition) is 1. The molecule has 1 atom stereocenters. The maximum absolute atomic E-state index is 13.7. The van der Waals surface area contributed by atoms with Crippen molar-refractivity contribution in [3.05, 3.63) is 59.7 Å². The number of hydrogen-bond acceptors (Lipinski definition) is 7. The second-order valence-corrected chi connectivity index (χ2v) is 11.0. The summed E-state index contributed by atoms with van der Waals surface area (Å²) in [6.07, 6.45) is 6.25. The van der Waals surface area contributed by atoms with Gasteiger partial charge in [-0.25, -0.2) is 4.68 Å². The first-order valence-corrected chi connectivity index (χ1v) is 15.7. The van der Waals surface area contributed by atoms with Crippen LogP contribution in [0.5, 0.6) is 0 Å². The standard InChI is InChI=1S/C34H44N4O5/c1-3-5-6-7-16-32(41)43-23-20-38-34-26-13-9-8-12-25(26)24-29(27-14-10-11-15-28(27)33(34)36-37-38)30(39)17-18-31(40)35-19-22-42-21-4-2/h8-15,29H,3-7,16-24H2,1-2H3,(H,35,40). The number of unbranched alkanes of at least 4 members (excludes halogenated alkanes) is 3. The van der Waals surface area contributed by atoms with Crippen LogP contribution in [-0.4, -0.2) is 59.0 Å². The number of Topliss-reactive ketones (excluding diaryl/α,β-unsaturated/α-hetero) is 1. The van der Waals surface area contributed by atoms with Crippen molar-refractivity contribution in [1.29, 1.82) is 0 Å². The molecular weight excluding hydrogens is 544 g/mol. The van der Waals surface area contributed by atoms with E-state index in [-0.39, 0.29) is 37.1 Å². The van der Waals surface area contributed by atoms with E-state index in [0.29, 0.717) is 44.8 Å². The third-order valence-corrected chi connectivity index (χ3v) is 7.73. The van der Waals surface area contributed by atoms with Crippen molar-refractivity contribution in [1.82, 2.24) is 20.3 Å². The number of rotatable bonds is 17. The Bertz CT molecular complexity index is 1370. The summed E-state index contributed by atoms with van der Waals surface area (Å²) in [5.41, 5.74) is 5.22. The van der Waals surface area contributed by atoms with Crippen LogP contribution in [0.3, 0.4) is 0 Å². The molecule has 0 saturated carbocycles. The van der Waals surface area contributed by atoms with Gasteiger partial charge >= 0.3 is 5.97 Å². The van der Waals surface area contributed by atoms with Crippen LogP contribution < -0.4 is 5.32 Å². The van der Waals surface area contributed by atoms with E-state index in [2.05, 4.69) is 22.6 Å². The van der Waals surface area contributed by atoms with E-state index in [9.17, 15) is 14.4 Å². The average Bonchev–Trinajstić information content (AvgIpc) is 3.43. The van der Waals surface area contributed by atoms with Crippen molar-refractivity contribution in [2.24, 2.45) is 0 Å². The van der Waals surface area contributed by atoms with Gasteiger partial charge in [-0.2, -0.15) is 0 Å². The molecule has 3 aromatic rings. The maximum atomic E-state index is 13.7. The summed E-state index contributed by atoms with van der Waals surface area (Å²) in [7, 11) is 0. The third kappa shape index (κ3) is 8.83. The summed E-state index contributed by atoms with van der Waals surface area (Å²) in [6.45, 7) is 6.33. The Morgan fingerprint density at radius 2 is 1.67 bits per heavy atom. The molecule has 1 unspecified atom stereocenters. The van der Waals surface area contributed by atoms with Gasteiger partial charge < -0.3 is 14.8 Å². The van der Waals surface area contributed by atoms with Crippen LogP contribution in [-0.2, 0) is 36.8 Å². The lowest BCUT2D eigenvalue weighted by atomic mass is 9.79. The first-order valence-electron chi connectivity index (χ1n) is 15.7. The Morgan fingerprint density at radius 1 is 0.884 bits per heavy atom. The Hall–Kier alpha value is -3.85. The Labute approximate surface area is 254 Å². The molecule has 0 fully saturated rings. The van der Waals surface area contributed by atoms with Crippen LogP contribution >= 0.6 is 0 Å². The molecule has 0 aliphatic heterocycles. The first-order chi connectivity index (χ1) is 21.0. The molecule has 9 nitrogen and oxygen atoms in total. The summed E-state index contributed by atoms with van der Waals surface area (Å²) < 4.78 is 12.7. The molecule has 43 heavy (non-hydrogen) atoms. The van der Waals surface area contributed by atoms with Gasteiger partial charge in [0.2, 0.25) is 5.91 Å². The molecule has 0 saturated heterocycles. The van der Waals surface area contributed by atoms with E-state index in [1.165, 1.54) is 0 Å². The molecule has 1 aliphatic rings. The lowest BCUT2D eigenvalue weighted by Gasteiger charge is -2.24. The fourth-order valence-corrected chi connectivity index (χ4v) is 5.50. The smallest absolute Gasteiger partial charge is 0.305 e. The van der Waals surface area contributed by atoms with Gasteiger partial charge in [-0.05, 0) is 30.4 Å². The van der Waals surface area contributed by atoms with Gasteiger partial charge in [0.1, 0.15) is 18.1 Å². The molecule has 1 aliphatic carbocycles. The Balaban J connectivity index is 1.51. The first kappa shape index (κ1) is 32.1. The summed E-state index contributed by atoms with van der Waals surface area (Å²) >= 11 is 0. The van der Waals surface area contributed by atoms with Gasteiger partial charge in [0.05, 0.1) is 18.8 Å². The second kappa shape index (κ2) is 16.7. The molecule has 9 heteroatoms. The van der Waals surface area contributed by atoms with Crippen LogP contribution in [0, 0.1) is 0 Å². The molecule has 1 N–H and O–H groups in total. The Morgan fingerprint density at radius 3 is 2.49 bits per heavy atom. The number of esters is 1. The topological polar surface area (TPSA) is 112 Å². The van der Waals surface area contributed by atoms with Crippen molar-refractivity contribution < 1.29 is 23.9 Å². The van der Waals surface area contributed by atoms with E-state index < -0.39 is 5.92 Å². The highest BCUT2D eigenvalue weighted by atomic mass is 16.5. The van der Waals surface area contributed by atoms with Gasteiger partial charge in [-0.1, -0.05) is 86.9 Å². The lowest BCUT2D eigenvalue weighted by molar-refractivity contribution is -0.144. The van der Waals surface area contributed by atoms with E-state index in [0.717, 1.165) is 60.1 Å². The van der Waals surface area contributed by atoms with Crippen LogP contribution in [0.15, 0.2) is 48.5 Å². The minimum Gasteiger partial charge on any atom is -0.464 e. The van der Waals surface area contributed by atoms with Crippen molar-refractivity contribution >= 4 is 17.7 Å². The zero-order valence-electron chi connectivity index (χ0n) is 25.5. The zero-order chi connectivity index (χ0) is 30.4. The van der Waals surface area contributed by atoms with Crippen molar-refractivity contribution in [3.8, 4) is 22.5 Å². The minimum atomic E-state index is -0.426. The average molecular weight is 589 g/mol. The van der Waals surface area contributed by atoms with Crippen molar-refractivity contribution in [3.63, 3.8) is 0 Å². The van der Waals surface area contributed by atoms with Crippen molar-refractivity contribution in [2.75, 3.05) is 26.4 Å². The molecule has 230 valence electrons. The molecule has 1 heterocycles. The van der Waals surface area contributed by atoms with Gasteiger partial charge in [0.25, 0.3) is 0 Å². The normalized spacial score (nSPS) is 13.7. The van der Waals surface area contributed by atoms with E-state index in [1.807, 2.05) is 55.5 Å². The number of ether oxygens (including phenoxy) is 2. The fraction of sp³-hybridized carbons (Fsp3) is 0.500. The predicted octanol–water partition coefficient (Wildman–Crippen LogP) is 5.66. The van der Waals surface area contributed by atoms with Crippen LogP contribution in [0.25, 0.3) is 22.5 Å². The minimum absolute atomic E-state index is 0.0151. The molecule has 0 bridgehead atoms. The highest BCUT2D eigenvalue weighted by Crippen LogP contribution is 2.41. The molecule has 4 rings (SSSR count). The molecule has 0 spiro atoms. The largest absolute Gasteiger partial charge is 0.464 e. The molecule has 1 amide bonds. The maximum Gasteiger partial charge on any atom is 0.305 e. The summed E-state index contributed by atoms with van der Waals surface area (Å²) in [6, 6.07) is 15.8. The molecule has 1 aromatic heterocycles. The van der Waals surface area contributed by atoms with E-state index in [4.69, 9.17) is 9.47 Å². The highest BCUT2D eigenvalue weighted by Gasteiger charge is 2.31. The van der Waals surface area contributed by atoms with Crippen LogP contribution in [0.2, 0.25) is 0 Å². The van der Waals surface area contributed by atoms with E-state index >= 15 is 0 Å². The highest BCUT2D eigenvalue weighted by molar-refractivity contribution is 5.93. The quantitative estimate of drug-likeness (QED) is 0.160. The number of ketones is 1. The fourth-order valence-electron chi connectivity index (χ4n) is 5.50. The lowest BCUT2D eigenvalue weighted by Crippen LogP contribution is -2.28. The van der Waals surface area contributed by atoms with Gasteiger partial charge in [0.15, 0.2) is 0 Å². The monoisotopic (exact) mass is 588 g/mol. The second-order valence-electron chi connectivity index (χ2n) is 11.0. The Kier molecular flexibility index (Phi) is 12.5. The number of nitrogens with one attached hydrogen (secondary N) is 1. The summed E-state index contributed by atoms with van der Waals surface area (Å²) in [5, 5.41) is 11.9. The SMILES string of the molecule is CCCCCCC(=O)OCCn1nnc2c1-c1ccccc1CC(C(=O)CCC(=O)NCCOCCC)c1ccccc1-2.